The molecule has 84 valence electrons. The van der Waals surface area contributed by atoms with Gasteiger partial charge in [-0.15, -0.1) is 12.4 Å². The number of nitrogens with two attached hydrogens (primary N) is 1. The molecule has 0 fully saturated rings. The normalized spacial score (nSPS) is 11.4. The standard InChI is InChI=1S/C11H15NO2.ClH/c1-8-3-5-9(6-4-8)10(12)7-11(13)14-2;/h3-6,10H,7,12H2,1-2H3;1H/t10-;/m0./s1. The summed E-state index contributed by atoms with van der Waals surface area (Å²) in [6.07, 6.45) is 0.222. The number of methoxy groups -OCH3 is 1. The number of hydrogen-bond acceptors (Lipinski definition) is 3. The van der Waals surface area contributed by atoms with Crippen LogP contribution in [-0.4, -0.2) is 13.1 Å². The van der Waals surface area contributed by atoms with E-state index in [4.69, 9.17) is 5.73 Å². The van der Waals surface area contributed by atoms with Crippen LogP contribution in [0.4, 0.5) is 0 Å². The molecule has 0 heterocycles. The maximum absolute atomic E-state index is 11.0. The van der Waals surface area contributed by atoms with Gasteiger partial charge in [0.2, 0.25) is 0 Å². The first-order valence-electron chi connectivity index (χ1n) is 4.52. The average molecular weight is 230 g/mol. The molecule has 0 aliphatic heterocycles. The Morgan fingerprint density at radius 3 is 2.40 bits per heavy atom. The molecule has 0 spiro atoms. The lowest BCUT2D eigenvalue weighted by molar-refractivity contribution is -0.141. The minimum Gasteiger partial charge on any atom is -0.469 e. The second-order valence-electron chi connectivity index (χ2n) is 3.30. The fourth-order valence-electron chi connectivity index (χ4n) is 1.19. The maximum Gasteiger partial charge on any atom is 0.307 e. The number of carbonyl (C=O) groups is 1. The first-order valence-corrected chi connectivity index (χ1v) is 4.52. The van der Waals surface area contributed by atoms with Crippen molar-refractivity contribution in [2.75, 3.05) is 7.11 Å². The van der Waals surface area contributed by atoms with Crippen LogP contribution in [0.5, 0.6) is 0 Å². The number of aryl methyl sites for hydroxylation is 1. The van der Waals surface area contributed by atoms with Crippen molar-refractivity contribution in [3.05, 3.63) is 35.4 Å². The third kappa shape index (κ3) is 4.32. The summed E-state index contributed by atoms with van der Waals surface area (Å²) in [5.74, 6) is -0.280. The molecule has 0 bridgehead atoms. The highest BCUT2D eigenvalue weighted by atomic mass is 35.5. The topological polar surface area (TPSA) is 52.3 Å². The number of halogens is 1. The highest BCUT2D eigenvalue weighted by Gasteiger charge is 2.10. The molecular formula is C11H16ClNO2. The number of ether oxygens (including phenoxy) is 1. The zero-order valence-corrected chi connectivity index (χ0v) is 9.71. The third-order valence-electron chi connectivity index (χ3n) is 2.12. The summed E-state index contributed by atoms with van der Waals surface area (Å²) < 4.78 is 4.55. The van der Waals surface area contributed by atoms with E-state index in [-0.39, 0.29) is 30.8 Å². The monoisotopic (exact) mass is 229 g/mol. The van der Waals surface area contributed by atoms with Crippen molar-refractivity contribution in [3.8, 4) is 0 Å². The summed E-state index contributed by atoms with van der Waals surface area (Å²) in [5, 5.41) is 0. The lowest BCUT2D eigenvalue weighted by Crippen LogP contribution is -2.16. The quantitative estimate of drug-likeness (QED) is 0.807. The summed E-state index contributed by atoms with van der Waals surface area (Å²) >= 11 is 0. The Morgan fingerprint density at radius 1 is 1.40 bits per heavy atom. The van der Waals surface area contributed by atoms with E-state index in [1.165, 1.54) is 12.7 Å². The van der Waals surface area contributed by atoms with Gasteiger partial charge in [0.15, 0.2) is 0 Å². The third-order valence-corrected chi connectivity index (χ3v) is 2.12. The first-order chi connectivity index (χ1) is 6.63. The molecule has 4 heteroatoms. The molecule has 0 amide bonds. The minimum atomic E-state index is -0.280. The van der Waals surface area contributed by atoms with Gasteiger partial charge in [-0.25, -0.2) is 0 Å². The van der Waals surface area contributed by atoms with Gasteiger partial charge < -0.3 is 10.5 Å². The second kappa shape index (κ2) is 6.43. The molecule has 0 aliphatic carbocycles. The maximum atomic E-state index is 11.0. The molecule has 15 heavy (non-hydrogen) atoms. The fourth-order valence-corrected chi connectivity index (χ4v) is 1.19. The first kappa shape index (κ1) is 13.9. The molecule has 0 aliphatic rings. The Balaban J connectivity index is 0.00000196. The van der Waals surface area contributed by atoms with E-state index in [0.717, 1.165) is 5.56 Å². The Kier molecular flexibility index (Phi) is 5.97. The van der Waals surface area contributed by atoms with Gasteiger partial charge in [-0.05, 0) is 12.5 Å². The number of benzene rings is 1. The largest absolute Gasteiger partial charge is 0.469 e. The van der Waals surface area contributed by atoms with Crippen molar-refractivity contribution in [2.45, 2.75) is 19.4 Å². The Bertz CT molecular complexity index is 311. The van der Waals surface area contributed by atoms with Crippen LogP contribution in [0.25, 0.3) is 0 Å². The van der Waals surface area contributed by atoms with E-state index >= 15 is 0 Å². The van der Waals surface area contributed by atoms with Crippen LogP contribution in [0.3, 0.4) is 0 Å². The minimum absolute atomic E-state index is 0. The molecule has 3 nitrogen and oxygen atoms in total. The number of carbonyl (C=O) groups excluding carboxylic acids is 1. The molecule has 0 radical (unpaired) electrons. The SMILES string of the molecule is COC(=O)C[C@H](N)c1ccc(C)cc1.Cl. The van der Waals surface area contributed by atoms with Gasteiger partial charge in [-0.1, -0.05) is 29.8 Å². The average Bonchev–Trinajstić information content (AvgIpc) is 2.18. The molecule has 1 aromatic rings. The Hall–Kier alpha value is -1.06. The van der Waals surface area contributed by atoms with E-state index in [1.54, 1.807) is 0 Å². The van der Waals surface area contributed by atoms with E-state index in [9.17, 15) is 4.79 Å². The number of rotatable bonds is 3. The van der Waals surface area contributed by atoms with E-state index in [1.807, 2.05) is 31.2 Å². The molecule has 0 unspecified atom stereocenters. The second-order valence-corrected chi connectivity index (χ2v) is 3.30. The zero-order chi connectivity index (χ0) is 10.6. The molecule has 1 atom stereocenters. The van der Waals surface area contributed by atoms with Crippen LogP contribution in [0.1, 0.15) is 23.6 Å². The molecular weight excluding hydrogens is 214 g/mol. The van der Waals surface area contributed by atoms with Gasteiger partial charge in [-0.2, -0.15) is 0 Å². The van der Waals surface area contributed by atoms with Crippen LogP contribution < -0.4 is 5.73 Å². The molecule has 1 aromatic carbocycles. The highest BCUT2D eigenvalue weighted by molar-refractivity contribution is 5.85. The van der Waals surface area contributed by atoms with Gasteiger partial charge in [-0.3, -0.25) is 4.79 Å². The van der Waals surface area contributed by atoms with Crippen LogP contribution in [0, 0.1) is 6.92 Å². The molecule has 1 rings (SSSR count). The van der Waals surface area contributed by atoms with Crippen LogP contribution in [-0.2, 0) is 9.53 Å². The molecule has 0 aromatic heterocycles. The summed E-state index contributed by atoms with van der Waals surface area (Å²) in [4.78, 5) is 11.0. The Labute approximate surface area is 96.0 Å². The fraction of sp³-hybridized carbons (Fsp3) is 0.364. The van der Waals surface area contributed by atoms with E-state index in [2.05, 4.69) is 4.74 Å². The number of esters is 1. The predicted octanol–water partition coefficient (Wildman–Crippen LogP) is 1.98. The number of hydrogen-bond donors (Lipinski definition) is 1. The smallest absolute Gasteiger partial charge is 0.307 e. The van der Waals surface area contributed by atoms with Crippen molar-refractivity contribution < 1.29 is 9.53 Å². The summed E-state index contributed by atoms with van der Waals surface area (Å²) in [6.45, 7) is 2.01. The predicted molar refractivity (Wildman–Crippen MR) is 62.0 cm³/mol. The van der Waals surface area contributed by atoms with Crippen LogP contribution >= 0.6 is 12.4 Å². The van der Waals surface area contributed by atoms with Gasteiger partial charge in [0, 0.05) is 6.04 Å². The van der Waals surface area contributed by atoms with Crippen LogP contribution in [0.2, 0.25) is 0 Å². The summed E-state index contributed by atoms with van der Waals surface area (Å²) in [5.41, 5.74) is 7.96. The van der Waals surface area contributed by atoms with Gasteiger partial charge in [0.05, 0.1) is 13.5 Å². The molecule has 0 saturated carbocycles. The Morgan fingerprint density at radius 2 is 1.93 bits per heavy atom. The lowest BCUT2D eigenvalue weighted by atomic mass is 10.0. The van der Waals surface area contributed by atoms with Crippen molar-refractivity contribution >= 4 is 18.4 Å². The van der Waals surface area contributed by atoms with Crippen LogP contribution in [0.15, 0.2) is 24.3 Å². The van der Waals surface area contributed by atoms with Gasteiger partial charge in [0.1, 0.15) is 0 Å². The summed E-state index contributed by atoms with van der Waals surface area (Å²) in [7, 11) is 1.37. The van der Waals surface area contributed by atoms with Crippen molar-refractivity contribution in [1.29, 1.82) is 0 Å². The van der Waals surface area contributed by atoms with Crippen molar-refractivity contribution in [1.82, 2.24) is 0 Å². The zero-order valence-electron chi connectivity index (χ0n) is 8.90. The van der Waals surface area contributed by atoms with Gasteiger partial charge in [0.25, 0.3) is 0 Å². The molecule has 0 saturated heterocycles. The summed E-state index contributed by atoms with van der Waals surface area (Å²) in [6, 6.07) is 7.55. The van der Waals surface area contributed by atoms with Gasteiger partial charge >= 0.3 is 5.97 Å². The van der Waals surface area contributed by atoms with Crippen molar-refractivity contribution in [3.63, 3.8) is 0 Å². The van der Waals surface area contributed by atoms with E-state index < -0.39 is 0 Å². The highest BCUT2D eigenvalue weighted by Crippen LogP contribution is 2.14. The van der Waals surface area contributed by atoms with E-state index in [0.29, 0.717) is 0 Å². The lowest BCUT2D eigenvalue weighted by Gasteiger charge is -2.10. The molecule has 2 N–H and O–H groups in total. The van der Waals surface area contributed by atoms with Crippen molar-refractivity contribution in [2.24, 2.45) is 5.73 Å².